The van der Waals surface area contributed by atoms with Crippen molar-refractivity contribution in [2.45, 2.75) is 18.9 Å². The first-order valence-corrected chi connectivity index (χ1v) is 10.2. The number of nitro groups is 1. The molecule has 0 N–H and O–H groups in total. The van der Waals surface area contributed by atoms with Crippen molar-refractivity contribution < 1.29 is 23.9 Å². The zero-order valence-electron chi connectivity index (χ0n) is 18.1. The van der Waals surface area contributed by atoms with Gasteiger partial charge in [0, 0.05) is 50.5 Å². The van der Waals surface area contributed by atoms with E-state index in [0.717, 1.165) is 0 Å². The van der Waals surface area contributed by atoms with Crippen LogP contribution in [0.5, 0.6) is 17.4 Å². The van der Waals surface area contributed by atoms with Crippen LogP contribution in [0.1, 0.15) is 23.2 Å². The minimum absolute atomic E-state index is 0.0444. The van der Waals surface area contributed by atoms with E-state index < -0.39 is 10.8 Å². The maximum absolute atomic E-state index is 13.1. The van der Waals surface area contributed by atoms with Gasteiger partial charge >= 0.3 is 0 Å². The van der Waals surface area contributed by atoms with E-state index in [1.54, 1.807) is 40.2 Å². The molecular formula is C21H22N6O6. The van der Waals surface area contributed by atoms with Crippen LogP contribution in [0.4, 0.5) is 5.69 Å². The second-order valence-corrected chi connectivity index (χ2v) is 7.27. The van der Waals surface area contributed by atoms with Gasteiger partial charge < -0.3 is 19.1 Å². The lowest BCUT2D eigenvalue weighted by molar-refractivity contribution is -0.385. The van der Waals surface area contributed by atoms with Gasteiger partial charge in [-0.15, -0.1) is 10.2 Å². The molecule has 12 nitrogen and oxygen atoms in total. The van der Waals surface area contributed by atoms with Crippen LogP contribution in [-0.4, -0.2) is 69.1 Å². The lowest BCUT2D eigenvalue weighted by atomic mass is 10.0. The van der Waals surface area contributed by atoms with E-state index in [9.17, 15) is 14.9 Å². The van der Waals surface area contributed by atoms with Gasteiger partial charge in [-0.1, -0.05) is 0 Å². The summed E-state index contributed by atoms with van der Waals surface area (Å²) in [5.74, 6) is 0.953. The van der Waals surface area contributed by atoms with Gasteiger partial charge in [-0.05, 0) is 12.1 Å². The molecule has 0 radical (unpaired) electrons. The highest BCUT2D eigenvalue weighted by Gasteiger charge is 2.31. The molecule has 1 aliphatic rings. The highest BCUT2D eigenvalue weighted by atomic mass is 16.6. The summed E-state index contributed by atoms with van der Waals surface area (Å²) in [6, 6.07) is 7.81. The lowest BCUT2D eigenvalue weighted by Crippen LogP contribution is -2.42. The summed E-state index contributed by atoms with van der Waals surface area (Å²) in [6.45, 7) is 0.765. The van der Waals surface area contributed by atoms with E-state index in [-0.39, 0.29) is 28.9 Å². The largest absolute Gasteiger partial charge is 0.493 e. The molecule has 1 fully saturated rings. The van der Waals surface area contributed by atoms with Crippen LogP contribution in [0.15, 0.2) is 42.7 Å². The zero-order chi connectivity index (χ0) is 23.4. The molecule has 1 aliphatic heterocycles. The first kappa shape index (κ1) is 22.0. The van der Waals surface area contributed by atoms with Crippen molar-refractivity contribution >= 4 is 11.6 Å². The molecule has 4 rings (SSSR count). The summed E-state index contributed by atoms with van der Waals surface area (Å²) < 4.78 is 17.8. The SMILES string of the molecule is COc1cc(C(=O)N2CCC(Oc3ccc(-n4cccn4)nn3)CC2)c([N+](=O)[O-])cc1OC. The fourth-order valence-corrected chi connectivity index (χ4v) is 3.61. The number of carbonyl (C=O) groups excluding carboxylic acids is 1. The monoisotopic (exact) mass is 454 g/mol. The van der Waals surface area contributed by atoms with E-state index in [1.165, 1.54) is 26.4 Å². The van der Waals surface area contributed by atoms with Crippen molar-refractivity contribution in [3.05, 3.63) is 58.4 Å². The van der Waals surface area contributed by atoms with Gasteiger partial charge in [0.1, 0.15) is 11.7 Å². The van der Waals surface area contributed by atoms with Gasteiger partial charge in [-0.25, -0.2) is 4.68 Å². The van der Waals surface area contributed by atoms with Crippen LogP contribution >= 0.6 is 0 Å². The molecule has 3 aromatic rings. The Balaban J connectivity index is 1.40. The summed E-state index contributed by atoms with van der Waals surface area (Å²) >= 11 is 0. The first-order valence-electron chi connectivity index (χ1n) is 10.2. The van der Waals surface area contributed by atoms with E-state index in [4.69, 9.17) is 14.2 Å². The van der Waals surface area contributed by atoms with Gasteiger partial charge in [0.05, 0.1) is 25.2 Å². The highest BCUT2D eigenvalue weighted by Crippen LogP contribution is 2.35. The molecule has 0 saturated carbocycles. The number of hydrogen-bond donors (Lipinski definition) is 0. The number of amides is 1. The normalized spacial score (nSPS) is 14.1. The van der Waals surface area contributed by atoms with E-state index in [2.05, 4.69) is 15.3 Å². The average molecular weight is 454 g/mol. The van der Waals surface area contributed by atoms with Crippen molar-refractivity contribution in [2.75, 3.05) is 27.3 Å². The summed E-state index contributed by atoms with van der Waals surface area (Å²) in [6.07, 6.45) is 4.36. The molecule has 2 aromatic heterocycles. The first-order chi connectivity index (χ1) is 16.0. The smallest absolute Gasteiger partial charge is 0.286 e. The molecule has 0 spiro atoms. The third kappa shape index (κ3) is 4.68. The number of ether oxygens (including phenoxy) is 3. The van der Waals surface area contributed by atoms with Crippen LogP contribution in [0, 0.1) is 10.1 Å². The van der Waals surface area contributed by atoms with Crippen molar-refractivity contribution in [1.29, 1.82) is 0 Å². The van der Waals surface area contributed by atoms with Gasteiger partial charge in [0.2, 0.25) is 5.88 Å². The number of piperidine rings is 1. The number of benzene rings is 1. The molecule has 0 aliphatic carbocycles. The van der Waals surface area contributed by atoms with Gasteiger partial charge in [-0.3, -0.25) is 14.9 Å². The lowest BCUT2D eigenvalue weighted by Gasteiger charge is -2.31. The van der Waals surface area contributed by atoms with Crippen LogP contribution in [0.2, 0.25) is 0 Å². The summed E-state index contributed by atoms with van der Waals surface area (Å²) in [4.78, 5) is 25.6. The number of hydrogen-bond acceptors (Lipinski definition) is 9. The average Bonchev–Trinajstić information content (AvgIpc) is 3.38. The highest BCUT2D eigenvalue weighted by molar-refractivity contribution is 5.99. The number of rotatable bonds is 7. The van der Waals surface area contributed by atoms with Gasteiger partial charge in [0.25, 0.3) is 11.6 Å². The Labute approximate surface area is 188 Å². The zero-order valence-corrected chi connectivity index (χ0v) is 18.1. The molecule has 172 valence electrons. The number of nitro benzene ring substituents is 1. The molecule has 3 heterocycles. The van der Waals surface area contributed by atoms with Gasteiger partial charge in [0.15, 0.2) is 17.3 Å². The number of carbonyl (C=O) groups is 1. The molecule has 0 atom stereocenters. The third-order valence-corrected chi connectivity index (χ3v) is 5.31. The van der Waals surface area contributed by atoms with E-state index in [0.29, 0.717) is 37.6 Å². The van der Waals surface area contributed by atoms with Crippen molar-refractivity contribution in [3.63, 3.8) is 0 Å². The Morgan fingerprint density at radius 1 is 1.12 bits per heavy atom. The number of nitrogens with zero attached hydrogens (tertiary/aromatic N) is 6. The molecule has 1 saturated heterocycles. The Kier molecular flexibility index (Phi) is 6.33. The fraction of sp³-hybridized carbons (Fsp3) is 0.333. The van der Waals surface area contributed by atoms with E-state index >= 15 is 0 Å². The van der Waals surface area contributed by atoms with Crippen molar-refractivity contribution in [2.24, 2.45) is 0 Å². The quantitative estimate of drug-likeness (QED) is 0.389. The van der Waals surface area contributed by atoms with Crippen molar-refractivity contribution in [1.82, 2.24) is 24.9 Å². The van der Waals surface area contributed by atoms with Crippen molar-refractivity contribution in [3.8, 4) is 23.2 Å². The number of aromatic nitrogens is 4. The predicted molar refractivity (Wildman–Crippen MR) is 115 cm³/mol. The molecule has 33 heavy (non-hydrogen) atoms. The molecule has 0 bridgehead atoms. The fourth-order valence-electron chi connectivity index (χ4n) is 3.61. The third-order valence-electron chi connectivity index (χ3n) is 5.31. The molecular weight excluding hydrogens is 432 g/mol. The molecule has 1 amide bonds. The Hall–Kier alpha value is -4.22. The predicted octanol–water partition coefficient (Wildman–Crippen LogP) is 2.27. The Morgan fingerprint density at radius 2 is 1.85 bits per heavy atom. The maximum Gasteiger partial charge on any atom is 0.286 e. The Morgan fingerprint density at radius 3 is 2.42 bits per heavy atom. The van der Waals surface area contributed by atoms with Crippen LogP contribution in [0.3, 0.4) is 0 Å². The minimum Gasteiger partial charge on any atom is -0.493 e. The Bertz CT molecular complexity index is 1130. The standard InChI is InChI=1S/C21H22N6O6/c1-31-17-12-15(16(27(29)30)13-18(17)32-2)21(28)25-10-6-14(7-11-25)33-20-5-4-19(23-24-20)26-9-3-8-22-26/h3-5,8-9,12-14H,6-7,10-11H2,1-2H3. The second kappa shape index (κ2) is 9.51. The minimum atomic E-state index is -0.601. The summed E-state index contributed by atoms with van der Waals surface area (Å²) in [7, 11) is 2.79. The number of likely N-dealkylation sites (tertiary alicyclic amines) is 1. The van der Waals surface area contributed by atoms with Crippen LogP contribution < -0.4 is 14.2 Å². The van der Waals surface area contributed by atoms with Gasteiger partial charge in [-0.2, -0.15) is 5.10 Å². The maximum atomic E-state index is 13.1. The van der Waals surface area contributed by atoms with E-state index in [1.807, 2.05) is 0 Å². The topological polar surface area (TPSA) is 135 Å². The van der Waals surface area contributed by atoms with Crippen LogP contribution in [0.25, 0.3) is 5.82 Å². The van der Waals surface area contributed by atoms with Crippen LogP contribution in [-0.2, 0) is 0 Å². The summed E-state index contributed by atoms with van der Waals surface area (Å²) in [5, 5.41) is 23.8. The number of methoxy groups -OCH3 is 2. The summed E-state index contributed by atoms with van der Waals surface area (Å²) in [5.41, 5.74) is -0.374. The second-order valence-electron chi connectivity index (χ2n) is 7.27. The molecule has 1 aromatic carbocycles. The molecule has 0 unspecified atom stereocenters. The molecule has 12 heteroatoms.